The van der Waals surface area contributed by atoms with E-state index in [2.05, 4.69) is 22.9 Å². The zero-order valence-corrected chi connectivity index (χ0v) is 12.6. The highest BCUT2D eigenvalue weighted by molar-refractivity contribution is 9.09. The molecule has 2 unspecified atom stereocenters. The first kappa shape index (κ1) is 14.5. The molecule has 0 radical (unpaired) electrons. The molecule has 0 bridgehead atoms. The average Bonchev–Trinajstić information content (AvgIpc) is 2.25. The van der Waals surface area contributed by atoms with Crippen molar-refractivity contribution in [2.45, 2.75) is 32.6 Å². The van der Waals surface area contributed by atoms with Crippen LogP contribution in [0.4, 0.5) is 0 Å². The van der Waals surface area contributed by atoms with Crippen LogP contribution in [0.2, 0.25) is 0 Å². The van der Waals surface area contributed by atoms with Crippen molar-refractivity contribution in [2.75, 3.05) is 24.7 Å². The first-order chi connectivity index (χ1) is 7.47. The minimum atomic E-state index is -2.99. The molecular formula is C11H22BrNO2S. The van der Waals surface area contributed by atoms with E-state index in [0.717, 1.165) is 24.7 Å². The largest absolute Gasteiger partial charge is 0.213 e. The van der Waals surface area contributed by atoms with Gasteiger partial charge in [-0.3, -0.25) is 0 Å². The molecule has 5 heteroatoms. The van der Waals surface area contributed by atoms with E-state index < -0.39 is 10.0 Å². The van der Waals surface area contributed by atoms with Crippen molar-refractivity contribution in [2.24, 2.45) is 11.8 Å². The summed E-state index contributed by atoms with van der Waals surface area (Å²) in [5, 5.41) is 1.03. The Morgan fingerprint density at radius 2 is 2.19 bits per heavy atom. The van der Waals surface area contributed by atoms with Crippen molar-refractivity contribution in [1.29, 1.82) is 0 Å². The van der Waals surface area contributed by atoms with E-state index in [9.17, 15) is 8.42 Å². The molecule has 1 aliphatic heterocycles. The Balaban J connectivity index is 2.51. The summed E-state index contributed by atoms with van der Waals surface area (Å²) in [5.41, 5.74) is 0. The van der Waals surface area contributed by atoms with Crippen LogP contribution in [0.15, 0.2) is 0 Å². The first-order valence-corrected chi connectivity index (χ1v) is 8.95. The van der Waals surface area contributed by atoms with Gasteiger partial charge in [0.1, 0.15) is 0 Å². The maximum atomic E-state index is 11.5. The Morgan fingerprint density at radius 1 is 1.50 bits per heavy atom. The number of rotatable bonds is 5. The van der Waals surface area contributed by atoms with E-state index in [1.165, 1.54) is 19.1 Å². The van der Waals surface area contributed by atoms with Gasteiger partial charge >= 0.3 is 0 Å². The Kier molecular flexibility index (Phi) is 5.74. The van der Waals surface area contributed by atoms with Crippen molar-refractivity contribution >= 4 is 26.0 Å². The molecule has 0 saturated carbocycles. The lowest BCUT2D eigenvalue weighted by molar-refractivity contribution is 0.235. The standard InChI is InChI=1S/C11H22BrNO2S/c1-3-10(8-12)7-11-5-4-6-13(9-11)16(2,14)15/h10-11H,3-9H2,1-2H3. The SMILES string of the molecule is CCC(CBr)CC1CCCN(S(C)(=O)=O)C1. The zero-order chi connectivity index (χ0) is 12.2. The molecule has 1 fully saturated rings. The van der Waals surface area contributed by atoms with E-state index in [4.69, 9.17) is 0 Å². The molecule has 0 spiro atoms. The van der Waals surface area contributed by atoms with Gasteiger partial charge in [-0.25, -0.2) is 12.7 Å². The molecule has 0 amide bonds. The molecule has 16 heavy (non-hydrogen) atoms. The van der Waals surface area contributed by atoms with Crippen LogP contribution in [0.1, 0.15) is 32.6 Å². The third-order valence-electron chi connectivity index (χ3n) is 3.41. The number of sulfonamides is 1. The van der Waals surface area contributed by atoms with Gasteiger partial charge in [0.15, 0.2) is 0 Å². The average molecular weight is 312 g/mol. The van der Waals surface area contributed by atoms with Gasteiger partial charge in [0.05, 0.1) is 6.26 Å². The van der Waals surface area contributed by atoms with Crippen LogP contribution in [0.25, 0.3) is 0 Å². The molecule has 3 nitrogen and oxygen atoms in total. The van der Waals surface area contributed by atoms with E-state index >= 15 is 0 Å². The van der Waals surface area contributed by atoms with E-state index in [1.807, 2.05) is 0 Å². The van der Waals surface area contributed by atoms with Crippen molar-refractivity contribution in [1.82, 2.24) is 4.31 Å². The zero-order valence-electron chi connectivity index (χ0n) is 10.2. The molecule has 0 aromatic rings. The number of hydrogen-bond donors (Lipinski definition) is 0. The van der Waals surface area contributed by atoms with Crippen LogP contribution in [0.3, 0.4) is 0 Å². The number of alkyl halides is 1. The Bertz CT molecular complexity index is 301. The third-order valence-corrected chi connectivity index (χ3v) is 5.60. The van der Waals surface area contributed by atoms with Crippen LogP contribution in [0, 0.1) is 11.8 Å². The molecular weight excluding hydrogens is 290 g/mol. The quantitative estimate of drug-likeness (QED) is 0.731. The van der Waals surface area contributed by atoms with Gasteiger partial charge < -0.3 is 0 Å². The minimum absolute atomic E-state index is 0.547. The topological polar surface area (TPSA) is 37.4 Å². The predicted molar refractivity (Wildman–Crippen MR) is 71.3 cm³/mol. The number of halogens is 1. The van der Waals surface area contributed by atoms with Gasteiger partial charge in [-0.05, 0) is 31.1 Å². The monoisotopic (exact) mass is 311 g/mol. The Labute approximate surface area is 108 Å². The summed E-state index contributed by atoms with van der Waals surface area (Å²) in [6.07, 6.45) is 5.82. The Hall–Kier alpha value is 0.390. The molecule has 0 aromatic carbocycles. The number of hydrogen-bond acceptors (Lipinski definition) is 2. The van der Waals surface area contributed by atoms with Gasteiger partial charge in [-0.15, -0.1) is 0 Å². The fraction of sp³-hybridized carbons (Fsp3) is 1.00. The second kappa shape index (κ2) is 6.36. The molecule has 1 rings (SSSR count). The third kappa shape index (κ3) is 4.34. The highest BCUT2D eigenvalue weighted by Crippen LogP contribution is 2.26. The summed E-state index contributed by atoms with van der Waals surface area (Å²) in [4.78, 5) is 0. The lowest BCUT2D eigenvalue weighted by Gasteiger charge is -2.32. The molecule has 0 aliphatic carbocycles. The van der Waals surface area contributed by atoms with E-state index in [1.54, 1.807) is 4.31 Å². The lowest BCUT2D eigenvalue weighted by Crippen LogP contribution is -2.39. The van der Waals surface area contributed by atoms with Crippen molar-refractivity contribution in [3.8, 4) is 0 Å². The van der Waals surface area contributed by atoms with E-state index in [0.29, 0.717) is 18.4 Å². The molecule has 1 heterocycles. The van der Waals surface area contributed by atoms with Gasteiger partial charge in [-0.1, -0.05) is 29.3 Å². The Morgan fingerprint density at radius 3 is 2.69 bits per heavy atom. The van der Waals surface area contributed by atoms with Crippen molar-refractivity contribution < 1.29 is 8.42 Å². The molecule has 96 valence electrons. The summed E-state index contributed by atoms with van der Waals surface area (Å²) in [6, 6.07) is 0. The fourth-order valence-corrected chi connectivity index (χ4v) is 4.00. The van der Waals surface area contributed by atoms with Crippen LogP contribution >= 0.6 is 15.9 Å². The van der Waals surface area contributed by atoms with Crippen LogP contribution in [0.5, 0.6) is 0 Å². The highest BCUT2D eigenvalue weighted by atomic mass is 79.9. The van der Waals surface area contributed by atoms with Crippen LogP contribution < -0.4 is 0 Å². The molecule has 1 saturated heterocycles. The molecule has 1 aliphatic rings. The lowest BCUT2D eigenvalue weighted by atomic mass is 9.89. The van der Waals surface area contributed by atoms with Gasteiger partial charge in [-0.2, -0.15) is 0 Å². The van der Waals surface area contributed by atoms with Gasteiger partial charge in [0.25, 0.3) is 0 Å². The normalized spacial score (nSPS) is 25.6. The highest BCUT2D eigenvalue weighted by Gasteiger charge is 2.26. The molecule has 0 N–H and O–H groups in total. The van der Waals surface area contributed by atoms with Crippen LogP contribution in [-0.4, -0.2) is 37.4 Å². The van der Waals surface area contributed by atoms with Gasteiger partial charge in [0.2, 0.25) is 10.0 Å². The summed E-state index contributed by atoms with van der Waals surface area (Å²) in [7, 11) is -2.99. The molecule has 0 aromatic heterocycles. The van der Waals surface area contributed by atoms with Crippen molar-refractivity contribution in [3.63, 3.8) is 0 Å². The minimum Gasteiger partial charge on any atom is -0.213 e. The second-order valence-electron chi connectivity index (χ2n) is 4.79. The first-order valence-electron chi connectivity index (χ1n) is 5.98. The smallest absolute Gasteiger partial charge is 0.211 e. The number of nitrogens with zero attached hydrogens (tertiary/aromatic N) is 1. The summed E-state index contributed by atoms with van der Waals surface area (Å²) >= 11 is 3.53. The summed E-state index contributed by atoms with van der Waals surface area (Å²) < 4.78 is 24.6. The fourth-order valence-electron chi connectivity index (χ4n) is 2.33. The maximum Gasteiger partial charge on any atom is 0.211 e. The van der Waals surface area contributed by atoms with Gasteiger partial charge in [0, 0.05) is 18.4 Å². The van der Waals surface area contributed by atoms with Crippen LogP contribution in [-0.2, 0) is 10.0 Å². The molecule has 2 atom stereocenters. The number of piperidine rings is 1. The maximum absolute atomic E-state index is 11.5. The van der Waals surface area contributed by atoms with E-state index in [-0.39, 0.29) is 0 Å². The summed E-state index contributed by atoms with van der Waals surface area (Å²) in [6.45, 7) is 3.63. The van der Waals surface area contributed by atoms with Crippen molar-refractivity contribution in [3.05, 3.63) is 0 Å². The predicted octanol–water partition coefficient (Wildman–Crippen LogP) is 2.47. The second-order valence-corrected chi connectivity index (χ2v) is 7.42. The summed E-state index contributed by atoms with van der Waals surface area (Å²) in [5.74, 6) is 1.23.